The first-order chi connectivity index (χ1) is 8.06. The number of nitrogens with one attached hydrogen (secondary N) is 1. The lowest BCUT2D eigenvalue weighted by Gasteiger charge is -2.25. The fourth-order valence-corrected chi connectivity index (χ4v) is 2.60. The van der Waals surface area contributed by atoms with E-state index in [0.29, 0.717) is 13.0 Å². The van der Waals surface area contributed by atoms with Gasteiger partial charge in [-0.3, -0.25) is 4.79 Å². The number of carboxylic acid groups (broad SMARTS) is 1. The van der Waals surface area contributed by atoms with Crippen LogP contribution in [0.3, 0.4) is 0 Å². The molecule has 0 radical (unpaired) electrons. The third-order valence-electron chi connectivity index (χ3n) is 2.76. The molecule has 0 aromatic carbocycles. The molecular formula is C12H20N2O2S. The average Bonchev–Trinajstić information content (AvgIpc) is 2.76. The Morgan fingerprint density at radius 3 is 2.71 bits per heavy atom. The number of carboxylic acids is 1. The monoisotopic (exact) mass is 256 g/mol. The normalized spacial score (nSPS) is 14.8. The van der Waals surface area contributed by atoms with E-state index in [0.717, 1.165) is 0 Å². The summed E-state index contributed by atoms with van der Waals surface area (Å²) in [6.45, 7) is 2.53. The van der Waals surface area contributed by atoms with Crippen LogP contribution in [0.4, 0.5) is 0 Å². The summed E-state index contributed by atoms with van der Waals surface area (Å²) in [6.07, 6.45) is 0.597. The Bertz CT molecular complexity index is 338. The van der Waals surface area contributed by atoms with Crippen molar-refractivity contribution in [1.82, 2.24) is 10.2 Å². The van der Waals surface area contributed by atoms with Gasteiger partial charge in [0.2, 0.25) is 0 Å². The van der Waals surface area contributed by atoms with Gasteiger partial charge in [-0.2, -0.15) is 0 Å². The van der Waals surface area contributed by atoms with Crippen LogP contribution >= 0.6 is 11.3 Å². The van der Waals surface area contributed by atoms with E-state index >= 15 is 0 Å². The van der Waals surface area contributed by atoms with Crippen molar-refractivity contribution in [3.63, 3.8) is 0 Å². The first kappa shape index (κ1) is 14.2. The molecule has 1 rings (SSSR count). The van der Waals surface area contributed by atoms with Crippen LogP contribution in [-0.2, 0) is 4.79 Å². The van der Waals surface area contributed by atoms with Crippen molar-refractivity contribution in [3.05, 3.63) is 22.4 Å². The number of carbonyl (C=O) groups is 1. The van der Waals surface area contributed by atoms with Gasteiger partial charge in [0.25, 0.3) is 0 Å². The van der Waals surface area contributed by atoms with Crippen LogP contribution in [0.25, 0.3) is 0 Å². The second-order valence-corrected chi connectivity index (χ2v) is 5.18. The predicted molar refractivity (Wildman–Crippen MR) is 70.5 cm³/mol. The fourth-order valence-electron chi connectivity index (χ4n) is 1.68. The molecule has 2 atom stereocenters. The Kier molecular flexibility index (Phi) is 5.61. The van der Waals surface area contributed by atoms with Crippen LogP contribution < -0.4 is 5.32 Å². The maximum Gasteiger partial charge on any atom is 0.320 e. The van der Waals surface area contributed by atoms with Crippen molar-refractivity contribution >= 4 is 17.3 Å². The minimum absolute atomic E-state index is 0.225. The molecule has 0 spiro atoms. The summed E-state index contributed by atoms with van der Waals surface area (Å²) >= 11 is 1.70. The smallest absolute Gasteiger partial charge is 0.320 e. The van der Waals surface area contributed by atoms with E-state index in [1.165, 1.54) is 4.88 Å². The summed E-state index contributed by atoms with van der Waals surface area (Å²) in [5.74, 6) is -0.781. The molecule has 0 fully saturated rings. The number of hydrogen-bond acceptors (Lipinski definition) is 4. The van der Waals surface area contributed by atoms with Gasteiger partial charge in [0.05, 0.1) is 6.04 Å². The van der Waals surface area contributed by atoms with E-state index in [2.05, 4.69) is 16.3 Å². The summed E-state index contributed by atoms with van der Waals surface area (Å²) in [7, 11) is 4.02. The van der Waals surface area contributed by atoms with Gasteiger partial charge < -0.3 is 15.3 Å². The number of likely N-dealkylation sites (N-methyl/N-ethyl adjacent to an activating group) is 1. The highest BCUT2D eigenvalue weighted by atomic mass is 32.1. The van der Waals surface area contributed by atoms with E-state index < -0.39 is 12.0 Å². The number of aliphatic carboxylic acids is 1. The Morgan fingerprint density at radius 1 is 1.59 bits per heavy atom. The van der Waals surface area contributed by atoms with Crippen molar-refractivity contribution in [1.29, 1.82) is 0 Å². The lowest BCUT2D eigenvalue weighted by Crippen LogP contribution is -2.41. The second kappa shape index (κ2) is 6.74. The number of thiophene rings is 1. The van der Waals surface area contributed by atoms with Gasteiger partial charge in [-0.05, 0) is 32.0 Å². The molecule has 0 aliphatic rings. The van der Waals surface area contributed by atoms with Crippen molar-refractivity contribution < 1.29 is 9.90 Å². The summed E-state index contributed by atoms with van der Waals surface area (Å²) in [4.78, 5) is 14.3. The van der Waals surface area contributed by atoms with Crippen molar-refractivity contribution in [3.8, 4) is 0 Å². The molecule has 1 heterocycles. The van der Waals surface area contributed by atoms with Gasteiger partial charge in [0.15, 0.2) is 0 Å². The highest BCUT2D eigenvalue weighted by Gasteiger charge is 2.19. The minimum atomic E-state index is -0.781. The molecule has 17 heavy (non-hydrogen) atoms. The second-order valence-electron chi connectivity index (χ2n) is 4.20. The van der Waals surface area contributed by atoms with E-state index in [4.69, 9.17) is 5.11 Å². The molecular weight excluding hydrogens is 236 g/mol. The summed E-state index contributed by atoms with van der Waals surface area (Å²) in [5, 5.41) is 14.1. The van der Waals surface area contributed by atoms with E-state index in [9.17, 15) is 4.79 Å². The van der Waals surface area contributed by atoms with E-state index in [-0.39, 0.29) is 6.04 Å². The van der Waals surface area contributed by atoms with Crippen molar-refractivity contribution in [2.45, 2.75) is 25.4 Å². The molecule has 1 aromatic rings. The Labute approximate surface area is 106 Å². The molecule has 0 aliphatic heterocycles. The minimum Gasteiger partial charge on any atom is -0.480 e. The molecule has 0 bridgehead atoms. The molecule has 0 saturated heterocycles. The fraction of sp³-hybridized carbons (Fsp3) is 0.583. The standard InChI is InChI=1S/C12H20N2O2S/c1-4-9(12(15)16)13-8-10(14(2)3)11-6-5-7-17-11/h5-7,9-10,13H,4,8H2,1-3H3,(H,15,16). The van der Waals surface area contributed by atoms with Gasteiger partial charge in [-0.1, -0.05) is 13.0 Å². The highest BCUT2D eigenvalue weighted by Crippen LogP contribution is 2.22. The third kappa shape index (κ3) is 4.11. The van der Waals surface area contributed by atoms with Gasteiger partial charge in [0, 0.05) is 11.4 Å². The molecule has 2 N–H and O–H groups in total. The van der Waals surface area contributed by atoms with Crippen LogP contribution in [0.1, 0.15) is 24.3 Å². The molecule has 4 nitrogen and oxygen atoms in total. The third-order valence-corrected chi connectivity index (χ3v) is 3.73. The Hall–Kier alpha value is -0.910. The first-order valence-corrected chi connectivity index (χ1v) is 6.60. The predicted octanol–water partition coefficient (Wildman–Crippen LogP) is 1.80. The van der Waals surface area contributed by atoms with Crippen LogP contribution in [-0.4, -0.2) is 42.7 Å². The average molecular weight is 256 g/mol. The summed E-state index contributed by atoms with van der Waals surface area (Å²) < 4.78 is 0. The van der Waals surface area contributed by atoms with Gasteiger partial charge in [-0.15, -0.1) is 11.3 Å². The Morgan fingerprint density at radius 2 is 2.29 bits per heavy atom. The maximum atomic E-state index is 10.9. The molecule has 0 amide bonds. The van der Waals surface area contributed by atoms with Crippen LogP contribution in [0.15, 0.2) is 17.5 Å². The lowest BCUT2D eigenvalue weighted by atomic mass is 10.2. The van der Waals surface area contributed by atoms with Gasteiger partial charge >= 0.3 is 5.97 Å². The zero-order valence-electron chi connectivity index (χ0n) is 10.5. The van der Waals surface area contributed by atoms with Crippen molar-refractivity contribution in [2.24, 2.45) is 0 Å². The molecule has 0 aliphatic carbocycles. The zero-order valence-corrected chi connectivity index (χ0v) is 11.3. The SMILES string of the molecule is CCC(NCC(c1cccs1)N(C)C)C(=O)O. The molecule has 0 saturated carbocycles. The quantitative estimate of drug-likeness (QED) is 0.781. The molecule has 5 heteroatoms. The number of rotatable bonds is 7. The van der Waals surface area contributed by atoms with Crippen molar-refractivity contribution in [2.75, 3.05) is 20.6 Å². The molecule has 96 valence electrons. The van der Waals surface area contributed by atoms with Crippen LogP contribution in [0, 0.1) is 0 Å². The van der Waals surface area contributed by atoms with E-state index in [1.54, 1.807) is 11.3 Å². The summed E-state index contributed by atoms with van der Waals surface area (Å²) in [6, 6.07) is 3.87. The highest BCUT2D eigenvalue weighted by molar-refractivity contribution is 7.10. The van der Waals surface area contributed by atoms with Crippen LogP contribution in [0.5, 0.6) is 0 Å². The van der Waals surface area contributed by atoms with Crippen LogP contribution in [0.2, 0.25) is 0 Å². The summed E-state index contributed by atoms with van der Waals surface area (Å²) in [5.41, 5.74) is 0. The molecule has 2 unspecified atom stereocenters. The number of nitrogens with zero attached hydrogens (tertiary/aromatic N) is 1. The van der Waals surface area contributed by atoms with E-state index in [1.807, 2.05) is 32.5 Å². The maximum absolute atomic E-state index is 10.9. The van der Waals surface area contributed by atoms with Gasteiger partial charge in [0.1, 0.15) is 6.04 Å². The topological polar surface area (TPSA) is 52.6 Å². The Balaban J connectivity index is 2.60. The van der Waals surface area contributed by atoms with Gasteiger partial charge in [-0.25, -0.2) is 0 Å². The first-order valence-electron chi connectivity index (χ1n) is 5.72. The molecule has 1 aromatic heterocycles. The lowest BCUT2D eigenvalue weighted by molar-refractivity contribution is -0.139. The largest absolute Gasteiger partial charge is 0.480 e. The number of hydrogen-bond donors (Lipinski definition) is 2. The zero-order chi connectivity index (χ0) is 12.8.